The molecule has 1 N–H and O–H groups in total. The summed E-state index contributed by atoms with van der Waals surface area (Å²) in [5.74, 6) is 0.177. The van der Waals surface area contributed by atoms with Gasteiger partial charge in [0.25, 0.3) is 5.91 Å². The van der Waals surface area contributed by atoms with Gasteiger partial charge in [0.05, 0.1) is 5.56 Å². The number of aromatic nitrogens is 1. The molecule has 0 aromatic carbocycles. The highest BCUT2D eigenvalue weighted by Crippen LogP contribution is 2.17. The fourth-order valence-corrected chi connectivity index (χ4v) is 2.79. The van der Waals surface area contributed by atoms with E-state index in [-0.39, 0.29) is 18.3 Å². The molecule has 108 valence electrons. The maximum absolute atomic E-state index is 12.5. The fourth-order valence-electron chi connectivity index (χ4n) is 2.79. The van der Waals surface area contributed by atoms with E-state index in [1.54, 1.807) is 0 Å². The largest absolute Gasteiger partial charge is 0.349 e. The second-order valence-electron chi connectivity index (χ2n) is 5.14. The molecule has 1 fully saturated rings. The molecule has 0 saturated carbocycles. The predicted molar refractivity (Wildman–Crippen MR) is 80.2 cm³/mol. The Labute approximate surface area is 121 Å². The van der Waals surface area contributed by atoms with Crippen molar-refractivity contribution in [1.82, 2.24) is 14.8 Å². The van der Waals surface area contributed by atoms with Gasteiger partial charge in [-0.05, 0) is 33.8 Å². The van der Waals surface area contributed by atoms with Crippen LogP contribution in [0.5, 0.6) is 0 Å². The summed E-state index contributed by atoms with van der Waals surface area (Å²) in [5, 5.41) is 3.36. The standard InChI is InChI=1S/C14H23N3O.ClH/c1-5-17-11(3)8-13(12(17)4)14(18)16-7-6-15-10(2)9-16;/h8,10,15H,5-7,9H2,1-4H3;1H. The summed E-state index contributed by atoms with van der Waals surface area (Å²) >= 11 is 0. The molecule has 1 aliphatic rings. The molecule has 0 bridgehead atoms. The van der Waals surface area contributed by atoms with Gasteiger partial charge < -0.3 is 14.8 Å². The van der Waals surface area contributed by atoms with Crippen LogP contribution in [-0.2, 0) is 6.54 Å². The predicted octanol–water partition coefficient (Wildman–Crippen LogP) is 1.98. The second kappa shape index (κ2) is 6.44. The van der Waals surface area contributed by atoms with Gasteiger partial charge in [-0.3, -0.25) is 4.79 Å². The monoisotopic (exact) mass is 285 g/mol. The zero-order valence-corrected chi connectivity index (χ0v) is 13.0. The van der Waals surface area contributed by atoms with Gasteiger partial charge in [0, 0.05) is 43.6 Å². The van der Waals surface area contributed by atoms with Crippen molar-refractivity contribution in [2.75, 3.05) is 19.6 Å². The summed E-state index contributed by atoms with van der Waals surface area (Å²) in [7, 11) is 0. The van der Waals surface area contributed by atoms with E-state index in [9.17, 15) is 4.79 Å². The van der Waals surface area contributed by atoms with E-state index in [0.717, 1.165) is 37.4 Å². The summed E-state index contributed by atoms with van der Waals surface area (Å²) in [5.41, 5.74) is 3.12. The number of halogens is 1. The number of piperazine rings is 1. The van der Waals surface area contributed by atoms with E-state index in [4.69, 9.17) is 0 Å². The third kappa shape index (κ3) is 3.12. The molecule has 1 saturated heterocycles. The lowest BCUT2D eigenvalue weighted by Gasteiger charge is -2.32. The molecule has 1 amide bonds. The number of amides is 1. The van der Waals surface area contributed by atoms with Crippen LogP contribution in [0.15, 0.2) is 6.07 Å². The van der Waals surface area contributed by atoms with Gasteiger partial charge in [0.2, 0.25) is 0 Å². The molecule has 1 aromatic rings. The van der Waals surface area contributed by atoms with E-state index in [1.807, 2.05) is 17.9 Å². The Morgan fingerprint density at radius 1 is 1.47 bits per heavy atom. The first-order valence-corrected chi connectivity index (χ1v) is 6.74. The van der Waals surface area contributed by atoms with Crippen LogP contribution in [0.2, 0.25) is 0 Å². The van der Waals surface area contributed by atoms with Crippen molar-refractivity contribution in [3.63, 3.8) is 0 Å². The minimum atomic E-state index is 0. The minimum absolute atomic E-state index is 0. The molecule has 1 aliphatic heterocycles. The molecule has 0 radical (unpaired) electrons. The fraction of sp³-hybridized carbons (Fsp3) is 0.643. The van der Waals surface area contributed by atoms with Crippen LogP contribution >= 0.6 is 12.4 Å². The first kappa shape index (κ1) is 16.1. The number of carbonyl (C=O) groups excluding carboxylic acids is 1. The Bertz CT molecular complexity index is 456. The average Bonchev–Trinajstić information content (AvgIpc) is 2.63. The zero-order valence-electron chi connectivity index (χ0n) is 12.2. The number of rotatable bonds is 2. The Hall–Kier alpha value is -1.00. The van der Waals surface area contributed by atoms with E-state index >= 15 is 0 Å². The molecule has 0 spiro atoms. The van der Waals surface area contributed by atoms with Crippen molar-refractivity contribution < 1.29 is 4.79 Å². The SMILES string of the molecule is CCn1c(C)cc(C(=O)N2CCNC(C)C2)c1C.Cl. The van der Waals surface area contributed by atoms with Crippen LogP contribution in [-0.4, -0.2) is 41.1 Å². The maximum Gasteiger partial charge on any atom is 0.255 e. The van der Waals surface area contributed by atoms with E-state index in [2.05, 4.69) is 30.7 Å². The first-order valence-electron chi connectivity index (χ1n) is 6.74. The molecule has 1 atom stereocenters. The van der Waals surface area contributed by atoms with Gasteiger partial charge in [-0.1, -0.05) is 0 Å². The number of hydrogen-bond donors (Lipinski definition) is 1. The number of carbonyl (C=O) groups is 1. The van der Waals surface area contributed by atoms with Crippen LogP contribution in [0.1, 0.15) is 35.6 Å². The summed E-state index contributed by atoms with van der Waals surface area (Å²) in [6.45, 7) is 11.7. The van der Waals surface area contributed by atoms with E-state index in [1.165, 1.54) is 5.69 Å². The highest BCUT2D eigenvalue weighted by molar-refractivity contribution is 5.95. The highest BCUT2D eigenvalue weighted by atomic mass is 35.5. The molecular weight excluding hydrogens is 262 g/mol. The quantitative estimate of drug-likeness (QED) is 0.902. The average molecular weight is 286 g/mol. The lowest BCUT2D eigenvalue weighted by Crippen LogP contribution is -2.51. The first-order chi connectivity index (χ1) is 8.54. The van der Waals surface area contributed by atoms with Crippen LogP contribution < -0.4 is 5.32 Å². The zero-order chi connectivity index (χ0) is 13.3. The lowest BCUT2D eigenvalue weighted by molar-refractivity contribution is 0.0708. The molecule has 0 aliphatic carbocycles. The molecule has 1 unspecified atom stereocenters. The lowest BCUT2D eigenvalue weighted by atomic mass is 10.1. The van der Waals surface area contributed by atoms with Crippen molar-refractivity contribution in [2.45, 2.75) is 40.3 Å². The summed E-state index contributed by atoms with van der Waals surface area (Å²) in [4.78, 5) is 14.5. The van der Waals surface area contributed by atoms with Crippen LogP contribution in [0, 0.1) is 13.8 Å². The number of hydrogen-bond acceptors (Lipinski definition) is 2. The topological polar surface area (TPSA) is 37.3 Å². The van der Waals surface area contributed by atoms with E-state index < -0.39 is 0 Å². The summed E-state index contributed by atoms with van der Waals surface area (Å²) < 4.78 is 2.19. The van der Waals surface area contributed by atoms with Gasteiger partial charge in [0.1, 0.15) is 0 Å². The molecule has 19 heavy (non-hydrogen) atoms. The Kier molecular flexibility index (Phi) is 5.44. The Morgan fingerprint density at radius 3 is 2.68 bits per heavy atom. The molecule has 4 nitrogen and oxygen atoms in total. The number of aryl methyl sites for hydroxylation is 1. The van der Waals surface area contributed by atoms with Gasteiger partial charge >= 0.3 is 0 Å². The van der Waals surface area contributed by atoms with Gasteiger partial charge in [0.15, 0.2) is 0 Å². The van der Waals surface area contributed by atoms with E-state index in [0.29, 0.717) is 6.04 Å². The highest BCUT2D eigenvalue weighted by Gasteiger charge is 2.24. The van der Waals surface area contributed by atoms with Crippen LogP contribution in [0.3, 0.4) is 0 Å². The summed E-state index contributed by atoms with van der Waals surface area (Å²) in [6, 6.07) is 2.41. The van der Waals surface area contributed by atoms with Gasteiger partial charge in [-0.2, -0.15) is 0 Å². The molecular formula is C14H24ClN3O. The van der Waals surface area contributed by atoms with Gasteiger partial charge in [-0.25, -0.2) is 0 Å². The van der Waals surface area contributed by atoms with Crippen molar-refractivity contribution in [3.8, 4) is 0 Å². The molecule has 2 heterocycles. The molecule has 1 aromatic heterocycles. The van der Waals surface area contributed by atoms with Gasteiger partial charge in [-0.15, -0.1) is 12.4 Å². The van der Waals surface area contributed by atoms with Crippen LogP contribution in [0.25, 0.3) is 0 Å². The third-order valence-electron chi connectivity index (χ3n) is 3.78. The summed E-state index contributed by atoms with van der Waals surface area (Å²) in [6.07, 6.45) is 0. The van der Waals surface area contributed by atoms with Crippen molar-refractivity contribution >= 4 is 18.3 Å². The Balaban J connectivity index is 0.00000180. The van der Waals surface area contributed by atoms with Crippen molar-refractivity contribution in [3.05, 3.63) is 23.0 Å². The maximum atomic E-state index is 12.5. The second-order valence-corrected chi connectivity index (χ2v) is 5.14. The van der Waals surface area contributed by atoms with Crippen LogP contribution in [0.4, 0.5) is 0 Å². The molecule has 2 rings (SSSR count). The smallest absolute Gasteiger partial charge is 0.255 e. The number of nitrogens with one attached hydrogen (secondary N) is 1. The Morgan fingerprint density at radius 2 is 2.16 bits per heavy atom. The molecule has 5 heteroatoms. The third-order valence-corrected chi connectivity index (χ3v) is 3.78. The normalized spacial score (nSPS) is 19.2. The van der Waals surface area contributed by atoms with Crippen molar-refractivity contribution in [1.29, 1.82) is 0 Å². The number of nitrogens with zero attached hydrogens (tertiary/aromatic N) is 2. The van der Waals surface area contributed by atoms with Crippen molar-refractivity contribution in [2.24, 2.45) is 0 Å². The minimum Gasteiger partial charge on any atom is -0.349 e.